The van der Waals surface area contributed by atoms with Crippen LogP contribution < -0.4 is 4.72 Å². The van der Waals surface area contributed by atoms with Crippen molar-refractivity contribution < 1.29 is 17.9 Å². The molecule has 1 N–H and O–H groups in total. The second kappa shape index (κ2) is 9.40. The van der Waals surface area contributed by atoms with Crippen molar-refractivity contribution in [1.82, 2.24) is 9.62 Å². The second-order valence-electron chi connectivity index (χ2n) is 8.53. The lowest BCUT2D eigenvalue weighted by Gasteiger charge is -2.28. The van der Waals surface area contributed by atoms with Crippen LogP contribution in [0.4, 0.5) is 4.79 Å². The van der Waals surface area contributed by atoms with E-state index in [1.54, 1.807) is 4.90 Å². The smallest absolute Gasteiger partial charge is 0.410 e. The zero-order chi connectivity index (χ0) is 21.8. The second-order valence-corrected chi connectivity index (χ2v) is 10.3. The van der Waals surface area contributed by atoms with Gasteiger partial charge in [0, 0.05) is 12.6 Å². The van der Waals surface area contributed by atoms with Gasteiger partial charge in [0.1, 0.15) is 0 Å². The molecule has 0 unspecified atom stereocenters. The van der Waals surface area contributed by atoms with Crippen LogP contribution in [0.2, 0.25) is 0 Å². The summed E-state index contributed by atoms with van der Waals surface area (Å²) in [5.41, 5.74) is 4.79. The highest BCUT2D eigenvalue weighted by Gasteiger charge is 2.39. The average molecular weight is 443 g/mol. The third kappa shape index (κ3) is 5.46. The Bertz CT molecular complexity index is 1040. The van der Waals surface area contributed by atoms with Gasteiger partial charge in [-0.15, -0.1) is 0 Å². The number of ether oxygens (including phenoxy) is 1. The van der Waals surface area contributed by atoms with Gasteiger partial charge in [-0.05, 0) is 60.8 Å². The van der Waals surface area contributed by atoms with Gasteiger partial charge in [0.15, 0.2) is 0 Å². The van der Waals surface area contributed by atoms with E-state index >= 15 is 0 Å². The van der Waals surface area contributed by atoms with E-state index in [1.807, 2.05) is 12.1 Å². The maximum absolute atomic E-state index is 12.8. The quantitative estimate of drug-likeness (QED) is 0.769. The molecule has 0 spiro atoms. The van der Waals surface area contributed by atoms with E-state index in [9.17, 15) is 13.2 Å². The summed E-state index contributed by atoms with van der Waals surface area (Å²) in [5.74, 6) is 0. The minimum Gasteiger partial charge on any atom is -0.449 e. The van der Waals surface area contributed by atoms with Crippen molar-refractivity contribution in [1.29, 1.82) is 0 Å². The normalized spacial score (nSPS) is 22.6. The number of hydrogen-bond acceptors (Lipinski definition) is 4. The number of aryl methyl sites for hydroxylation is 1. The van der Waals surface area contributed by atoms with E-state index in [0.29, 0.717) is 26.0 Å². The summed E-state index contributed by atoms with van der Waals surface area (Å²) in [6.07, 6.45) is 5.81. The summed E-state index contributed by atoms with van der Waals surface area (Å²) in [5, 5.41) is 0. The Labute approximate surface area is 184 Å². The first-order chi connectivity index (χ1) is 14.9. The van der Waals surface area contributed by atoms with Gasteiger partial charge >= 0.3 is 6.09 Å². The van der Waals surface area contributed by atoms with Crippen LogP contribution in [0.15, 0.2) is 48.5 Å². The van der Waals surface area contributed by atoms with Gasteiger partial charge in [-0.25, -0.2) is 17.9 Å². The lowest BCUT2D eigenvalue weighted by molar-refractivity contribution is 0.0947. The summed E-state index contributed by atoms with van der Waals surface area (Å²) in [7, 11) is -3.38. The first-order valence-electron chi connectivity index (χ1n) is 11.0. The number of sulfonamides is 1. The maximum Gasteiger partial charge on any atom is 0.410 e. The number of carbonyl (C=O) groups is 1. The van der Waals surface area contributed by atoms with Crippen LogP contribution in [0.5, 0.6) is 0 Å². The van der Waals surface area contributed by atoms with E-state index in [4.69, 9.17) is 4.74 Å². The Hall–Kier alpha value is -2.38. The van der Waals surface area contributed by atoms with Crippen molar-refractivity contribution in [3.8, 4) is 11.1 Å². The Morgan fingerprint density at radius 2 is 1.90 bits per heavy atom. The third-order valence-corrected chi connectivity index (χ3v) is 6.89. The van der Waals surface area contributed by atoms with E-state index < -0.39 is 10.0 Å². The van der Waals surface area contributed by atoms with Crippen LogP contribution in [-0.4, -0.2) is 50.9 Å². The molecule has 2 aromatic rings. The fourth-order valence-electron chi connectivity index (χ4n) is 4.71. The summed E-state index contributed by atoms with van der Waals surface area (Å²) in [4.78, 5) is 14.5. The summed E-state index contributed by atoms with van der Waals surface area (Å²) < 4.78 is 32.1. The molecule has 0 radical (unpaired) electrons. The fourth-order valence-corrected chi connectivity index (χ4v) is 5.53. The molecule has 1 saturated heterocycles. The molecule has 2 heterocycles. The number of benzene rings is 2. The molecule has 2 aliphatic heterocycles. The minimum absolute atomic E-state index is 0.280. The van der Waals surface area contributed by atoms with Crippen molar-refractivity contribution in [2.24, 2.45) is 0 Å². The van der Waals surface area contributed by atoms with Crippen LogP contribution >= 0.6 is 0 Å². The van der Waals surface area contributed by atoms with Crippen LogP contribution in [0.1, 0.15) is 36.8 Å². The molecule has 1 fully saturated rings. The number of nitrogens with one attached hydrogen (secondary N) is 1. The van der Waals surface area contributed by atoms with Crippen LogP contribution in [0.3, 0.4) is 0 Å². The zero-order valence-electron chi connectivity index (χ0n) is 17.9. The summed E-state index contributed by atoms with van der Waals surface area (Å²) >= 11 is 0. The van der Waals surface area contributed by atoms with E-state index in [0.717, 1.165) is 43.1 Å². The van der Waals surface area contributed by atoms with Crippen molar-refractivity contribution in [3.05, 3.63) is 59.7 Å². The molecule has 0 saturated carbocycles. The summed E-state index contributed by atoms with van der Waals surface area (Å²) in [6.45, 7) is 0.876. The highest BCUT2D eigenvalue weighted by atomic mass is 32.2. The Balaban J connectivity index is 1.69. The van der Waals surface area contributed by atoms with E-state index in [1.165, 1.54) is 11.1 Å². The van der Waals surface area contributed by atoms with E-state index in [2.05, 4.69) is 41.1 Å². The van der Waals surface area contributed by atoms with Gasteiger partial charge < -0.3 is 9.64 Å². The van der Waals surface area contributed by atoms with Gasteiger partial charge in [-0.3, -0.25) is 0 Å². The van der Waals surface area contributed by atoms with Crippen LogP contribution in [-0.2, 0) is 27.6 Å². The van der Waals surface area contributed by atoms with Crippen molar-refractivity contribution in [3.63, 3.8) is 0 Å². The van der Waals surface area contributed by atoms with Crippen LogP contribution in [0, 0.1) is 0 Å². The molecular formula is C24H30N2O4S. The molecule has 2 atom stereocenters. The molecule has 166 valence electrons. The number of cyclic esters (lactones) is 1. The lowest BCUT2D eigenvalue weighted by Crippen LogP contribution is -2.47. The summed E-state index contributed by atoms with van der Waals surface area (Å²) in [6, 6.07) is 16.3. The molecule has 2 aromatic carbocycles. The molecule has 7 heteroatoms. The standard InChI is InChI=1S/C24H30N2O4S/c1-31(28,29)25-22-13-14-26-23(22)17-18-8-7-11-20(16-18)21-12-5-4-10-19(21)9-3-2-6-15-30-24(26)27/h4-5,7-8,10-12,16,22-23,25H,2-3,6,9,13-15,17H2,1H3/t22-,23-/m0/s1. The Kier molecular flexibility index (Phi) is 6.62. The third-order valence-electron chi connectivity index (χ3n) is 6.16. The fraction of sp³-hybridized carbons (Fsp3) is 0.458. The molecule has 1 amide bonds. The largest absolute Gasteiger partial charge is 0.449 e. The van der Waals surface area contributed by atoms with Crippen molar-refractivity contribution >= 4 is 16.1 Å². The molecule has 4 rings (SSSR count). The predicted molar refractivity (Wildman–Crippen MR) is 121 cm³/mol. The number of amides is 1. The zero-order valence-corrected chi connectivity index (χ0v) is 18.7. The van der Waals surface area contributed by atoms with Crippen LogP contribution in [0.25, 0.3) is 11.1 Å². The first kappa shape index (κ1) is 21.8. The SMILES string of the molecule is CS(=O)(=O)N[C@H]1CCN2C(=O)OCCCCCc3ccccc3-c3cccc(c3)C[C@@H]12. The Morgan fingerprint density at radius 3 is 2.74 bits per heavy atom. The van der Waals surface area contributed by atoms with Crippen molar-refractivity contribution in [2.75, 3.05) is 19.4 Å². The van der Waals surface area contributed by atoms with Gasteiger partial charge in [0.25, 0.3) is 0 Å². The van der Waals surface area contributed by atoms with Crippen molar-refractivity contribution in [2.45, 2.75) is 50.6 Å². The van der Waals surface area contributed by atoms with E-state index in [-0.39, 0.29) is 18.2 Å². The molecule has 6 nitrogen and oxygen atoms in total. The number of fused-ring (bicyclic) bond motifs is 5. The topological polar surface area (TPSA) is 75.7 Å². The number of carbonyl (C=O) groups excluding carboxylic acids is 1. The Morgan fingerprint density at radius 1 is 1.06 bits per heavy atom. The average Bonchev–Trinajstić information content (AvgIpc) is 3.11. The monoisotopic (exact) mass is 442 g/mol. The first-order valence-corrected chi connectivity index (χ1v) is 12.9. The van der Waals surface area contributed by atoms with Gasteiger partial charge in [0.05, 0.1) is 18.9 Å². The number of nitrogens with zero attached hydrogens (tertiary/aromatic N) is 1. The number of hydrogen-bond donors (Lipinski definition) is 1. The van der Waals surface area contributed by atoms with Gasteiger partial charge in [-0.1, -0.05) is 48.5 Å². The van der Waals surface area contributed by atoms with Gasteiger partial charge in [0.2, 0.25) is 10.0 Å². The minimum atomic E-state index is -3.38. The number of rotatable bonds is 2. The molecule has 0 aromatic heterocycles. The highest BCUT2D eigenvalue weighted by molar-refractivity contribution is 7.88. The predicted octanol–water partition coefficient (Wildman–Crippen LogP) is 3.75. The maximum atomic E-state index is 12.8. The van der Waals surface area contributed by atoms with Gasteiger partial charge in [-0.2, -0.15) is 0 Å². The molecular weight excluding hydrogens is 412 g/mol. The molecule has 2 aliphatic rings. The highest BCUT2D eigenvalue weighted by Crippen LogP contribution is 2.29. The molecule has 0 aliphatic carbocycles. The molecule has 2 bridgehead atoms. The lowest BCUT2D eigenvalue weighted by atomic mass is 9.93. The molecule has 31 heavy (non-hydrogen) atoms.